The van der Waals surface area contributed by atoms with Crippen molar-refractivity contribution in [1.29, 1.82) is 0 Å². The number of rotatable bonds is 5. The number of nitrogens with two attached hydrogens (primary N) is 1. The second kappa shape index (κ2) is 8.50. The molecule has 3 rings (SSSR count). The molecule has 0 aliphatic heterocycles. The van der Waals surface area contributed by atoms with Crippen molar-refractivity contribution < 1.29 is 4.79 Å². The van der Waals surface area contributed by atoms with Crippen LogP contribution in [0.25, 0.3) is 16.8 Å². The first-order valence-corrected chi connectivity index (χ1v) is 9.45. The summed E-state index contributed by atoms with van der Waals surface area (Å²) in [7, 11) is 6.00. The van der Waals surface area contributed by atoms with Gasteiger partial charge in [-0.3, -0.25) is 4.79 Å². The van der Waals surface area contributed by atoms with Gasteiger partial charge >= 0.3 is 0 Å². The van der Waals surface area contributed by atoms with Gasteiger partial charge in [-0.05, 0) is 68.9 Å². The molecule has 1 aromatic carbocycles. The van der Waals surface area contributed by atoms with E-state index in [9.17, 15) is 4.79 Å². The van der Waals surface area contributed by atoms with Crippen LogP contribution in [0.2, 0.25) is 0 Å². The van der Waals surface area contributed by atoms with Gasteiger partial charge in [0.2, 0.25) is 5.91 Å². The monoisotopic (exact) mass is 367 g/mol. The van der Waals surface area contributed by atoms with Crippen LogP contribution >= 0.6 is 0 Å². The Labute approximate surface area is 161 Å². The van der Waals surface area contributed by atoms with Crippen molar-refractivity contribution in [2.75, 3.05) is 26.5 Å². The number of amides is 1. The van der Waals surface area contributed by atoms with E-state index in [1.807, 2.05) is 24.3 Å². The number of pyridine rings is 1. The summed E-state index contributed by atoms with van der Waals surface area (Å²) in [6, 6.07) is 8.63. The highest BCUT2D eigenvalue weighted by molar-refractivity contribution is 5.94. The van der Waals surface area contributed by atoms with Gasteiger partial charge in [-0.25, -0.2) is 10.8 Å². The highest BCUT2D eigenvalue weighted by Crippen LogP contribution is 2.28. The first-order valence-electron chi connectivity index (χ1n) is 9.45. The summed E-state index contributed by atoms with van der Waals surface area (Å²) in [5.41, 5.74) is 1.05. The summed E-state index contributed by atoms with van der Waals surface area (Å²) in [5.74, 6) is 6.38. The van der Waals surface area contributed by atoms with E-state index < -0.39 is 0 Å². The lowest BCUT2D eigenvalue weighted by molar-refractivity contribution is -0.121. The van der Waals surface area contributed by atoms with Gasteiger partial charge in [0.1, 0.15) is 5.82 Å². The van der Waals surface area contributed by atoms with Crippen LogP contribution in [0.3, 0.4) is 0 Å². The van der Waals surface area contributed by atoms with E-state index in [0.29, 0.717) is 11.9 Å². The molecular formula is C21H29N5O. The Hall–Kier alpha value is -2.44. The Bertz CT molecular complexity index is 822. The third kappa shape index (κ3) is 5.05. The molecule has 0 bridgehead atoms. The second-order valence-electron chi connectivity index (χ2n) is 7.62. The Morgan fingerprint density at radius 1 is 1.15 bits per heavy atom. The fourth-order valence-corrected chi connectivity index (χ4v) is 3.62. The Balaban J connectivity index is 1.68. The quantitative estimate of drug-likeness (QED) is 0.627. The van der Waals surface area contributed by atoms with Crippen molar-refractivity contribution in [3.8, 4) is 0 Å². The summed E-state index contributed by atoms with van der Waals surface area (Å²) in [5, 5.41) is 6.59. The van der Waals surface area contributed by atoms with Gasteiger partial charge in [0.05, 0.1) is 0 Å². The molecule has 1 fully saturated rings. The first-order chi connectivity index (χ1) is 12.9. The SMILES string of the molecule is CN(N)/C=C/c1ccc2cnc(NC(=O)C3CCC(N(C)C)CC3)cc2c1. The van der Waals surface area contributed by atoms with Crippen molar-refractivity contribution in [3.63, 3.8) is 0 Å². The normalized spacial score (nSPS) is 20.3. The summed E-state index contributed by atoms with van der Waals surface area (Å²) in [4.78, 5) is 19.3. The molecular weight excluding hydrogens is 338 g/mol. The molecule has 1 aliphatic carbocycles. The minimum atomic E-state index is 0.0769. The molecule has 2 aromatic rings. The number of hydrogen-bond acceptors (Lipinski definition) is 5. The summed E-state index contributed by atoms with van der Waals surface area (Å²) < 4.78 is 0. The van der Waals surface area contributed by atoms with Crippen molar-refractivity contribution >= 4 is 28.6 Å². The molecule has 6 heteroatoms. The van der Waals surface area contributed by atoms with Crippen molar-refractivity contribution in [3.05, 3.63) is 42.2 Å². The second-order valence-corrected chi connectivity index (χ2v) is 7.62. The maximum absolute atomic E-state index is 12.6. The zero-order chi connectivity index (χ0) is 19.4. The van der Waals surface area contributed by atoms with Crippen molar-refractivity contribution in [2.45, 2.75) is 31.7 Å². The Morgan fingerprint density at radius 3 is 2.56 bits per heavy atom. The predicted octanol–water partition coefficient (Wildman–Crippen LogP) is 3.07. The van der Waals surface area contributed by atoms with E-state index >= 15 is 0 Å². The van der Waals surface area contributed by atoms with E-state index in [2.05, 4.69) is 35.4 Å². The van der Waals surface area contributed by atoms with Crippen LogP contribution in [0.4, 0.5) is 5.82 Å². The number of nitrogens with zero attached hydrogens (tertiary/aromatic N) is 3. The molecule has 1 aliphatic rings. The predicted molar refractivity (Wildman–Crippen MR) is 111 cm³/mol. The van der Waals surface area contributed by atoms with Gasteiger partial charge in [-0.2, -0.15) is 0 Å². The molecule has 144 valence electrons. The topological polar surface area (TPSA) is 74.5 Å². The number of hydrogen-bond donors (Lipinski definition) is 2. The van der Waals surface area contributed by atoms with Crippen LogP contribution in [-0.2, 0) is 4.79 Å². The third-order valence-corrected chi connectivity index (χ3v) is 5.30. The number of nitrogens with one attached hydrogen (secondary N) is 1. The molecule has 0 radical (unpaired) electrons. The zero-order valence-electron chi connectivity index (χ0n) is 16.4. The van der Waals surface area contributed by atoms with Crippen LogP contribution in [0.5, 0.6) is 0 Å². The molecule has 0 unspecified atom stereocenters. The van der Waals surface area contributed by atoms with Crippen LogP contribution in [0, 0.1) is 5.92 Å². The summed E-state index contributed by atoms with van der Waals surface area (Å²) in [6.07, 6.45) is 9.56. The number of fused-ring (bicyclic) bond motifs is 1. The van der Waals surface area contributed by atoms with E-state index in [1.165, 1.54) is 5.01 Å². The molecule has 0 atom stereocenters. The zero-order valence-corrected chi connectivity index (χ0v) is 16.4. The number of hydrazine groups is 1. The molecule has 0 spiro atoms. The standard InChI is InChI=1S/C21H29N5O/c1-25(2)19-8-6-16(7-9-19)21(27)24-20-13-18-12-15(10-11-26(3)22)4-5-17(18)14-23-20/h4-5,10-14,16,19H,6-9,22H2,1-3H3,(H,23,24,27)/b11-10+. The van der Waals surface area contributed by atoms with E-state index in [-0.39, 0.29) is 11.8 Å². The van der Waals surface area contributed by atoms with E-state index in [4.69, 9.17) is 5.84 Å². The fraction of sp³-hybridized carbons (Fsp3) is 0.429. The number of carbonyl (C=O) groups is 1. The minimum absolute atomic E-state index is 0.0769. The highest BCUT2D eigenvalue weighted by atomic mass is 16.1. The lowest BCUT2D eigenvalue weighted by atomic mass is 9.85. The lowest BCUT2D eigenvalue weighted by Gasteiger charge is -2.31. The maximum Gasteiger partial charge on any atom is 0.228 e. The Kier molecular flexibility index (Phi) is 6.08. The maximum atomic E-state index is 12.6. The van der Waals surface area contributed by atoms with Crippen molar-refractivity contribution in [1.82, 2.24) is 14.9 Å². The molecule has 6 nitrogen and oxygen atoms in total. The van der Waals surface area contributed by atoms with Gasteiger partial charge in [0, 0.05) is 36.8 Å². The molecule has 1 aromatic heterocycles. The number of carbonyl (C=O) groups excluding carboxylic acids is 1. The van der Waals surface area contributed by atoms with Crippen LogP contribution in [0.1, 0.15) is 31.2 Å². The minimum Gasteiger partial charge on any atom is -0.321 e. The fourth-order valence-electron chi connectivity index (χ4n) is 3.62. The molecule has 1 amide bonds. The third-order valence-electron chi connectivity index (χ3n) is 5.30. The van der Waals surface area contributed by atoms with E-state index in [0.717, 1.165) is 42.0 Å². The largest absolute Gasteiger partial charge is 0.321 e. The van der Waals surface area contributed by atoms with Crippen LogP contribution in [-0.4, -0.2) is 48.0 Å². The van der Waals surface area contributed by atoms with Gasteiger partial charge in [-0.1, -0.05) is 12.1 Å². The Morgan fingerprint density at radius 2 is 1.89 bits per heavy atom. The van der Waals surface area contributed by atoms with Gasteiger partial charge in [0.25, 0.3) is 0 Å². The highest BCUT2D eigenvalue weighted by Gasteiger charge is 2.27. The van der Waals surface area contributed by atoms with Crippen LogP contribution in [0.15, 0.2) is 36.7 Å². The first kappa shape index (κ1) is 19.3. The summed E-state index contributed by atoms with van der Waals surface area (Å²) >= 11 is 0. The van der Waals surface area contributed by atoms with Gasteiger partial charge < -0.3 is 15.2 Å². The van der Waals surface area contributed by atoms with Gasteiger partial charge in [0.15, 0.2) is 0 Å². The van der Waals surface area contributed by atoms with E-state index in [1.54, 1.807) is 19.4 Å². The lowest BCUT2D eigenvalue weighted by Crippen LogP contribution is -2.35. The van der Waals surface area contributed by atoms with Gasteiger partial charge in [-0.15, -0.1) is 0 Å². The molecule has 0 saturated heterocycles. The number of anilines is 1. The smallest absolute Gasteiger partial charge is 0.228 e. The molecule has 1 heterocycles. The van der Waals surface area contributed by atoms with Crippen molar-refractivity contribution in [2.24, 2.45) is 11.8 Å². The molecule has 27 heavy (non-hydrogen) atoms. The average molecular weight is 367 g/mol. The molecule has 1 saturated carbocycles. The average Bonchev–Trinajstić information content (AvgIpc) is 2.66. The van der Waals surface area contributed by atoms with Crippen LogP contribution < -0.4 is 11.2 Å². The molecule has 3 N–H and O–H groups in total. The number of benzene rings is 1. The number of aromatic nitrogens is 1. The summed E-state index contributed by atoms with van der Waals surface area (Å²) in [6.45, 7) is 0.